The molecule has 0 bridgehead atoms. The summed E-state index contributed by atoms with van der Waals surface area (Å²) < 4.78 is 5.01. The fraction of sp³-hybridized carbons (Fsp3) is 0.111. The molecule has 0 aliphatic rings. The Morgan fingerprint density at radius 1 is 1.00 bits per heavy atom. The Balaban J connectivity index is 1.87. The highest BCUT2D eigenvalue weighted by Crippen LogP contribution is 2.07. The van der Waals surface area contributed by atoms with Crippen LogP contribution in [0.4, 0.5) is 0 Å². The monoisotopic (exact) mass is 280 g/mol. The molecule has 0 heterocycles. The van der Waals surface area contributed by atoms with E-state index in [1.165, 1.54) is 0 Å². The highest BCUT2D eigenvalue weighted by Gasteiger charge is 2.17. The van der Waals surface area contributed by atoms with Crippen LogP contribution in [0.5, 0.6) is 0 Å². The summed E-state index contributed by atoms with van der Waals surface area (Å²) in [5.41, 5.74) is 2.28. The van der Waals surface area contributed by atoms with Crippen molar-refractivity contribution in [1.82, 2.24) is 0 Å². The van der Waals surface area contributed by atoms with E-state index >= 15 is 0 Å². The SMILES string of the molecule is C=Cc1ccc(C(=O)C(=O)OCCc2ccccc2)cc1. The summed E-state index contributed by atoms with van der Waals surface area (Å²) in [7, 11) is 0. The Labute approximate surface area is 123 Å². The maximum Gasteiger partial charge on any atom is 0.379 e. The van der Waals surface area contributed by atoms with Gasteiger partial charge in [-0.2, -0.15) is 0 Å². The third-order valence-corrected chi connectivity index (χ3v) is 3.06. The van der Waals surface area contributed by atoms with Crippen LogP contribution < -0.4 is 0 Å². The molecule has 0 fully saturated rings. The minimum absolute atomic E-state index is 0.194. The van der Waals surface area contributed by atoms with Crippen LogP contribution in [0.3, 0.4) is 0 Å². The van der Waals surface area contributed by atoms with E-state index < -0.39 is 11.8 Å². The van der Waals surface area contributed by atoms with Crippen molar-refractivity contribution in [2.75, 3.05) is 6.61 Å². The van der Waals surface area contributed by atoms with Crippen LogP contribution in [0.25, 0.3) is 6.08 Å². The first kappa shape index (κ1) is 14.7. The van der Waals surface area contributed by atoms with Gasteiger partial charge in [0.2, 0.25) is 0 Å². The van der Waals surface area contributed by atoms with E-state index in [9.17, 15) is 9.59 Å². The molecule has 0 aromatic heterocycles. The zero-order chi connectivity index (χ0) is 15.1. The molecule has 0 saturated heterocycles. The molecule has 0 atom stereocenters. The average molecular weight is 280 g/mol. The number of ether oxygens (including phenoxy) is 1. The molecule has 0 spiro atoms. The lowest BCUT2D eigenvalue weighted by molar-refractivity contribution is -0.138. The molecular formula is C18H16O3. The van der Waals surface area contributed by atoms with Gasteiger partial charge in [-0.05, 0) is 11.1 Å². The van der Waals surface area contributed by atoms with Crippen LogP contribution in [0.1, 0.15) is 21.5 Å². The van der Waals surface area contributed by atoms with Crippen LogP contribution in [-0.2, 0) is 16.0 Å². The summed E-state index contributed by atoms with van der Waals surface area (Å²) in [6, 6.07) is 16.3. The van der Waals surface area contributed by atoms with Crippen molar-refractivity contribution in [2.45, 2.75) is 6.42 Å². The van der Waals surface area contributed by atoms with Crippen molar-refractivity contribution < 1.29 is 14.3 Å². The second-order valence-corrected chi connectivity index (χ2v) is 4.53. The van der Waals surface area contributed by atoms with Crippen molar-refractivity contribution in [3.05, 3.63) is 77.9 Å². The number of carbonyl (C=O) groups excluding carboxylic acids is 2. The molecule has 0 unspecified atom stereocenters. The van der Waals surface area contributed by atoms with Crippen molar-refractivity contribution in [2.24, 2.45) is 0 Å². The van der Waals surface area contributed by atoms with E-state index in [1.807, 2.05) is 30.3 Å². The van der Waals surface area contributed by atoms with Gasteiger partial charge < -0.3 is 4.74 Å². The third-order valence-electron chi connectivity index (χ3n) is 3.06. The number of Topliss-reactive ketones (excluding diaryl/α,β-unsaturated/α-hetero) is 1. The van der Waals surface area contributed by atoms with Gasteiger partial charge in [0.25, 0.3) is 5.78 Å². The fourth-order valence-corrected chi connectivity index (χ4v) is 1.86. The maximum atomic E-state index is 11.9. The van der Waals surface area contributed by atoms with Gasteiger partial charge in [-0.1, -0.05) is 67.3 Å². The first-order chi connectivity index (χ1) is 10.2. The van der Waals surface area contributed by atoms with Gasteiger partial charge in [-0.3, -0.25) is 4.79 Å². The van der Waals surface area contributed by atoms with E-state index in [1.54, 1.807) is 30.3 Å². The summed E-state index contributed by atoms with van der Waals surface area (Å²) >= 11 is 0. The van der Waals surface area contributed by atoms with Crippen molar-refractivity contribution in [1.29, 1.82) is 0 Å². The second-order valence-electron chi connectivity index (χ2n) is 4.53. The first-order valence-electron chi connectivity index (χ1n) is 6.68. The zero-order valence-corrected chi connectivity index (χ0v) is 11.6. The number of hydrogen-bond acceptors (Lipinski definition) is 3. The van der Waals surface area contributed by atoms with E-state index in [4.69, 9.17) is 4.74 Å². The van der Waals surface area contributed by atoms with Gasteiger partial charge >= 0.3 is 5.97 Å². The molecule has 0 N–H and O–H groups in total. The van der Waals surface area contributed by atoms with Crippen molar-refractivity contribution >= 4 is 17.8 Å². The van der Waals surface area contributed by atoms with Crippen LogP contribution in [0.2, 0.25) is 0 Å². The minimum atomic E-state index is -0.822. The number of hydrogen-bond donors (Lipinski definition) is 0. The van der Waals surface area contributed by atoms with Gasteiger partial charge in [0, 0.05) is 12.0 Å². The molecule has 21 heavy (non-hydrogen) atoms. The molecule has 2 aromatic carbocycles. The van der Waals surface area contributed by atoms with Gasteiger partial charge in [0.05, 0.1) is 6.61 Å². The Morgan fingerprint density at radius 3 is 2.29 bits per heavy atom. The summed E-state index contributed by atoms with van der Waals surface area (Å²) in [6.45, 7) is 3.83. The number of esters is 1. The molecule has 106 valence electrons. The minimum Gasteiger partial charge on any atom is -0.459 e. The zero-order valence-electron chi connectivity index (χ0n) is 11.6. The molecule has 0 radical (unpaired) electrons. The molecule has 0 amide bonds. The molecule has 3 nitrogen and oxygen atoms in total. The van der Waals surface area contributed by atoms with Crippen LogP contribution in [-0.4, -0.2) is 18.4 Å². The predicted molar refractivity (Wildman–Crippen MR) is 82.0 cm³/mol. The molecule has 0 saturated carbocycles. The van der Waals surface area contributed by atoms with Gasteiger partial charge in [0.15, 0.2) is 0 Å². The topological polar surface area (TPSA) is 43.4 Å². The Morgan fingerprint density at radius 2 is 1.67 bits per heavy atom. The summed E-state index contributed by atoms with van der Waals surface area (Å²) in [4.78, 5) is 23.6. The molecule has 0 aliphatic carbocycles. The first-order valence-corrected chi connectivity index (χ1v) is 6.68. The Hall–Kier alpha value is -2.68. The van der Waals surface area contributed by atoms with Crippen LogP contribution in [0, 0.1) is 0 Å². The number of ketones is 1. The third kappa shape index (κ3) is 4.14. The average Bonchev–Trinajstić information content (AvgIpc) is 2.55. The maximum absolute atomic E-state index is 11.9. The van der Waals surface area contributed by atoms with Gasteiger partial charge in [-0.25, -0.2) is 4.79 Å². The summed E-state index contributed by atoms with van der Waals surface area (Å²) in [5, 5.41) is 0. The van der Waals surface area contributed by atoms with E-state index in [2.05, 4.69) is 6.58 Å². The number of carbonyl (C=O) groups is 2. The highest BCUT2D eigenvalue weighted by atomic mass is 16.5. The lowest BCUT2D eigenvalue weighted by atomic mass is 10.1. The van der Waals surface area contributed by atoms with E-state index in [0.717, 1.165) is 11.1 Å². The quantitative estimate of drug-likeness (QED) is 0.463. The standard InChI is InChI=1S/C18H16O3/c1-2-14-8-10-16(11-9-14)17(19)18(20)21-13-12-15-6-4-3-5-7-15/h2-11H,1,12-13H2. The lowest BCUT2D eigenvalue weighted by Gasteiger charge is -2.04. The molecular weight excluding hydrogens is 264 g/mol. The van der Waals surface area contributed by atoms with E-state index in [0.29, 0.717) is 12.0 Å². The van der Waals surface area contributed by atoms with Crippen molar-refractivity contribution in [3.63, 3.8) is 0 Å². The van der Waals surface area contributed by atoms with Crippen LogP contribution in [0.15, 0.2) is 61.2 Å². The molecule has 2 rings (SSSR count). The second kappa shape index (κ2) is 7.20. The van der Waals surface area contributed by atoms with Gasteiger partial charge in [0.1, 0.15) is 0 Å². The van der Waals surface area contributed by atoms with Crippen molar-refractivity contribution in [3.8, 4) is 0 Å². The predicted octanol–water partition coefficient (Wildman–Crippen LogP) is 3.30. The molecule has 3 heteroatoms. The highest BCUT2D eigenvalue weighted by molar-refractivity contribution is 6.40. The number of benzene rings is 2. The smallest absolute Gasteiger partial charge is 0.379 e. The lowest BCUT2D eigenvalue weighted by Crippen LogP contribution is -2.18. The fourth-order valence-electron chi connectivity index (χ4n) is 1.86. The largest absolute Gasteiger partial charge is 0.459 e. The summed E-state index contributed by atoms with van der Waals surface area (Å²) in [6.07, 6.45) is 2.27. The summed E-state index contributed by atoms with van der Waals surface area (Å²) in [5.74, 6) is -1.45. The molecule has 0 aliphatic heterocycles. The van der Waals surface area contributed by atoms with Crippen LogP contribution >= 0.6 is 0 Å². The normalized spacial score (nSPS) is 9.90. The Kier molecular flexibility index (Phi) is 5.04. The number of rotatable bonds is 6. The van der Waals surface area contributed by atoms with E-state index in [-0.39, 0.29) is 6.61 Å². The van der Waals surface area contributed by atoms with Gasteiger partial charge in [-0.15, -0.1) is 0 Å². The Bertz CT molecular complexity index is 627. The molecule has 2 aromatic rings.